The number of aliphatic carboxylic acids is 1. The first-order valence-corrected chi connectivity index (χ1v) is 6.76. The Morgan fingerprint density at radius 1 is 1.04 bits per heavy atom. The Kier molecular flexibility index (Phi) is 5.44. The average molecular weight is 324 g/mol. The summed E-state index contributed by atoms with van der Waals surface area (Å²) < 4.78 is 0. The minimum atomic E-state index is -1.06. The highest BCUT2D eigenvalue weighted by Crippen LogP contribution is 2.14. The van der Waals surface area contributed by atoms with Crippen LogP contribution in [0.5, 0.6) is 0 Å². The van der Waals surface area contributed by atoms with Crippen molar-refractivity contribution in [2.75, 3.05) is 18.0 Å². The van der Waals surface area contributed by atoms with Crippen molar-refractivity contribution in [1.29, 1.82) is 0 Å². The lowest BCUT2D eigenvalue weighted by Gasteiger charge is -2.20. The molecule has 1 aromatic rings. The van der Waals surface area contributed by atoms with Gasteiger partial charge in [-0.15, -0.1) is 0 Å². The summed E-state index contributed by atoms with van der Waals surface area (Å²) in [5.74, 6) is -2.86. The van der Waals surface area contributed by atoms with Crippen LogP contribution in [0.15, 0.2) is 0 Å². The quantitative estimate of drug-likeness (QED) is 0.476. The Balaban J connectivity index is 2.94. The second kappa shape index (κ2) is 6.90. The Morgan fingerprint density at radius 2 is 1.52 bits per heavy atom. The number of carbonyl (C=O) groups excluding carboxylic acids is 2. The van der Waals surface area contributed by atoms with Crippen molar-refractivity contribution < 1.29 is 19.5 Å². The number of carbonyl (C=O) groups is 3. The highest BCUT2D eigenvalue weighted by Gasteiger charge is 2.23. The zero-order chi connectivity index (χ0) is 17.8. The maximum atomic E-state index is 12.0. The smallest absolute Gasteiger partial charge is 0.305 e. The third-order valence-electron chi connectivity index (χ3n) is 2.49. The van der Waals surface area contributed by atoms with Crippen LogP contribution >= 0.6 is 0 Å². The van der Waals surface area contributed by atoms with Crippen molar-refractivity contribution in [2.24, 2.45) is 0 Å². The number of aromatic nitrogens is 2. The van der Waals surface area contributed by atoms with Crippen LogP contribution < -0.4 is 22.1 Å². The summed E-state index contributed by atoms with van der Waals surface area (Å²) in [6, 6.07) is 0. The first-order valence-electron chi connectivity index (χ1n) is 6.76. The summed E-state index contributed by atoms with van der Waals surface area (Å²) in [6.45, 7) is 5.24. The van der Waals surface area contributed by atoms with Gasteiger partial charge in [-0.3, -0.25) is 14.4 Å². The molecular weight excluding hydrogens is 304 g/mol. The predicted octanol–water partition coefficient (Wildman–Crippen LogP) is -0.626. The van der Waals surface area contributed by atoms with E-state index in [0.29, 0.717) is 0 Å². The Bertz CT molecular complexity index is 638. The number of nitrogen functional groups attached to an aromatic ring is 2. The van der Waals surface area contributed by atoms with Gasteiger partial charge in [-0.1, -0.05) is 0 Å². The third kappa shape index (κ3) is 5.41. The number of rotatable bonds is 5. The molecule has 0 aromatic carbocycles. The van der Waals surface area contributed by atoms with Crippen LogP contribution in [0.1, 0.15) is 48.2 Å². The zero-order valence-corrected chi connectivity index (χ0v) is 13.1. The Labute approximate surface area is 132 Å². The number of carboxylic acids is 1. The third-order valence-corrected chi connectivity index (χ3v) is 2.49. The van der Waals surface area contributed by atoms with E-state index in [1.54, 1.807) is 20.8 Å². The lowest BCUT2D eigenvalue weighted by molar-refractivity contribution is -0.136. The largest absolute Gasteiger partial charge is 0.481 e. The molecule has 0 atom stereocenters. The van der Waals surface area contributed by atoms with Gasteiger partial charge in [0.2, 0.25) is 0 Å². The van der Waals surface area contributed by atoms with Gasteiger partial charge < -0.3 is 27.2 Å². The summed E-state index contributed by atoms with van der Waals surface area (Å²) in [4.78, 5) is 41.9. The van der Waals surface area contributed by atoms with Gasteiger partial charge in [0.25, 0.3) is 11.8 Å². The minimum Gasteiger partial charge on any atom is -0.481 e. The summed E-state index contributed by atoms with van der Waals surface area (Å²) in [6.07, 6.45) is -0.249. The van der Waals surface area contributed by atoms with Gasteiger partial charge in [0, 0.05) is 12.1 Å². The highest BCUT2D eigenvalue weighted by molar-refractivity contribution is 6.01. The van der Waals surface area contributed by atoms with Gasteiger partial charge in [-0.25, -0.2) is 9.97 Å². The SMILES string of the molecule is CC(C)(C)NC(=O)c1nc(N)c(C(=O)NCCC(=O)O)nc1N. The molecule has 0 saturated carbocycles. The lowest BCUT2D eigenvalue weighted by atomic mass is 10.1. The van der Waals surface area contributed by atoms with E-state index in [9.17, 15) is 14.4 Å². The van der Waals surface area contributed by atoms with Crippen LogP contribution in [0.3, 0.4) is 0 Å². The van der Waals surface area contributed by atoms with Crippen LogP contribution in [-0.4, -0.2) is 44.9 Å². The van der Waals surface area contributed by atoms with E-state index in [1.807, 2.05) is 0 Å². The molecule has 0 radical (unpaired) electrons. The van der Waals surface area contributed by atoms with Gasteiger partial charge in [0.15, 0.2) is 23.0 Å². The molecule has 0 bridgehead atoms. The summed E-state index contributed by atoms with van der Waals surface area (Å²) in [5.41, 5.74) is 10.3. The number of nitrogens with zero attached hydrogens (tertiary/aromatic N) is 2. The van der Waals surface area contributed by atoms with E-state index >= 15 is 0 Å². The van der Waals surface area contributed by atoms with E-state index in [1.165, 1.54) is 0 Å². The topological polar surface area (TPSA) is 173 Å². The normalized spacial score (nSPS) is 10.9. The van der Waals surface area contributed by atoms with Crippen LogP contribution in [0, 0.1) is 0 Å². The molecule has 7 N–H and O–H groups in total. The van der Waals surface area contributed by atoms with Gasteiger partial charge >= 0.3 is 5.97 Å². The first kappa shape index (κ1) is 18.1. The molecule has 10 nitrogen and oxygen atoms in total. The lowest BCUT2D eigenvalue weighted by Crippen LogP contribution is -2.41. The molecule has 126 valence electrons. The van der Waals surface area contributed by atoms with Gasteiger partial charge in [0.1, 0.15) is 0 Å². The van der Waals surface area contributed by atoms with E-state index in [-0.39, 0.29) is 36.0 Å². The monoisotopic (exact) mass is 324 g/mol. The minimum absolute atomic E-state index is 0.0958. The molecule has 23 heavy (non-hydrogen) atoms. The van der Waals surface area contributed by atoms with Crippen molar-refractivity contribution in [3.05, 3.63) is 11.4 Å². The molecule has 0 saturated heterocycles. The molecule has 2 amide bonds. The van der Waals surface area contributed by atoms with Crippen molar-refractivity contribution in [3.8, 4) is 0 Å². The molecule has 0 aliphatic carbocycles. The van der Waals surface area contributed by atoms with Crippen LogP contribution in [0.4, 0.5) is 11.6 Å². The number of carboxylic acid groups (broad SMARTS) is 1. The number of hydrogen-bond acceptors (Lipinski definition) is 7. The van der Waals surface area contributed by atoms with E-state index in [0.717, 1.165) is 0 Å². The van der Waals surface area contributed by atoms with Crippen molar-refractivity contribution in [1.82, 2.24) is 20.6 Å². The fourth-order valence-electron chi connectivity index (χ4n) is 1.56. The first-order chi connectivity index (χ1) is 10.5. The van der Waals surface area contributed by atoms with E-state index < -0.39 is 23.3 Å². The number of anilines is 2. The molecule has 1 aromatic heterocycles. The molecule has 0 aliphatic heterocycles. The van der Waals surface area contributed by atoms with Gasteiger partial charge in [-0.05, 0) is 20.8 Å². The number of amides is 2. The molecular formula is C13H20N6O4. The summed E-state index contributed by atoms with van der Waals surface area (Å²) in [5, 5.41) is 13.5. The molecule has 0 spiro atoms. The maximum Gasteiger partial charge on any atom is 0.305 e. The predicted molar refractivity (Wildman–Crippen MR) is 82.7 cm³/mol. The highest BCUT2D eigenvalue weighted by atomic mass is 16.4. The maximum absolute atomic E-state index is 12.0. The van der Waals surface area contributed by atoms with Crippen LogP contribution in [0.25, 0.3) is 0 Å². The number of hydrogen-bond donors (Lipinski definition) is 5. The molecule has 1 rings (SSSR count). The average Bonchev–Trinajstić information content (AvgIpc) is 2.38. The standard InChI is InChI=1S/C13H20N6O4/c1-13(2,3)19-12(23)8-10(15)17-7(9(14)18-8)11(22)16-5-4-6(20)21/h4-5H2,1-3H3,(H2,14,18)(H2,15,17)(H,16,22)(H,19,23)(H,20,21). The molecule has 0 fully saturated rings. The second-order valence-corrected chi connectivity index (χ2v) is 5.80. The molecule has 10 heteroatoms. The summed E-state index contributed by atoms with van der Waals surface area (Å²) in [7, 11) is 0. The van der Waals surface area contributed by atoms with Crippen LogP contribution in [-0.2, 0) is 4.79 Å². The zero-order valence-electron chi connectivity index (χ0n) is 13.1. The van der Waals surface area contributed by atoms with Crippen molar-refractivity contribution in [2.45, 2.75) is 32.7 Å². The molecule has 0 aliphatic rings. The second-order valence-electron chi connectivity index (χ2n) is 5.80. The molecule has 1 heterocycles. The van der Waals surface area contributed by atoms with E-state index in [4.69, 9.17) is 16.6 Å². The summed E-state index contributed by atoms with van der Waals surface area (Å²) >= 11 is 0. The Hall–Kier alpha value is -2.91. The fraction of sp³-hybridized carbons (Fsp3) is 0.462. The number of nitrogens with two attached hydrogens (primary N) is 2. The fourth-order valence-corrected chi connectivity index (χ4v) is 1.56. The number of nitrogens with one attached hydrogen (secondary N) is 2. The van der Waals surface area contributed by atoms with Crippen LogP contribution in [0.2, 0.25) is 0 Å². The van der Waals surface area contributed by atoms with Gasteiger partial charge in [-0.2, -0.15) is 0 Å². The van der Waals surface area contributed by atoms with Crippen molar-refractivity contribution in [3.63, 3.8) is 0 Å². The Morgan fingerprint density at radius 3 is 1.96 bits per heavy atom. The van der Waals surface area contributed by atoms with E-state index in [2.05, 4.69) is 20.6 Å². The molecule has 0 unspecified atom stereocenters. The van der Waals surface area contributed by atoms with Crippen molar-refractivity contribution >= 4 is 29.4 Å². The van der Waals surface area contributed by atoms with Gasteiger partial charge in [0.05, 0.1) is 6.42 Å².